The fourth-order valence-electron chi connectivity index (χ4n) is 2.54. The van der Waals surface area contributed by atoms with Crippen molar-refractivity contribution in [3.8, 4) is 0 Å². The zero-order valence-corrected chi connectivity index (χ0v) is 11.3. The van der Waals surface area contributed by atoms with E-state index >= 15 is 0 Å². The van der Waals surface area contributed by atoms with Crippen LogP contribution in [0.5, 0.6) is 0 Å². The van der Waals surface area contributed by atoms with Crippen molar-refractivity contribution in [2.45, 2.75) is 18.8 Å². The van der Waals surface area contributed by atoms with E-state index in [1.165, 1.54) is 0 Å². The van der Waals surface area contributed by atoms with Crippen molar-refractivity contribution in [3.63, 3.8) is 0 Å². The fraction of sp³-hybridized carbons (Fsp3) is 0.417. The van der Waals surface area contributed by atoms with E-state index in [1.54, 1.807) is 12.3 Å². The second-order valence-electron chi connectivity index (χ2n) is 4.68. The third-order valence-corrected chi connectivity index (χ3v) is 5.52. The maximum Gasteiger partial charge on any atom is 0.151 e. The van der Waals surface area contributed by atoms with E-state index in [4.69, 9.17) is 11.6 Å². The molecule has 1 aliphatic heterocycles. The molecule has 6 heteroatoms. The van der Waals surface area contributed by atoms with Crippen molar-refractivity contribution in [2.75, 3.05) is 11.5 Å². The van der Waals surface area contributed by atoms with Crippen LogP contribution in [0.25, 0.3) is 5.52 Å². The van der Waals surface area contributed by atoms with E-state index in [0.717, 1.165) is 17.8 Å². The van der Waals surface area contributed by atoms with Crippen LogP contribution in [0, 0.1) is 0 Å². The maximum atomic E-state index is 11.7. The topological polar surface area (TPSA) is 51.4 Å². The molecule has 0 N–H and O–H groups in total. The molecule has 3 rings (SSSR count). The molecule has 2 aromatic heterocycles. The van der Waals surface area contributed by atoms with E-state index in [-0.39, 0.29) is 11.7 Å². The standard InChI is InChI=1S/C12H13ClN2O2S/c13-10-4-1-5-15-11(10)7-14-12(15)9-3-2-6-18(16,17)8-9/h1,4-5,7,9H,2-3,6,8H2. The summed E-state index contributed by atoms with van der Waals surface area (Å²) in [7, 11) is -2.92. The van der Waals surface area contributed by atoms with Gasteiger partial charge in [-0.05, 0) is 25.0 Å². The highest BCUT2D eigenvalue weighted by Gasteiger charge is 2.28. The molecule has 0 aliphatic carbocycles. The Bertz CT molecular complexity index is 693. The lowest BCUT2D eigenvalue weighted by Crippen LogP contribution is -2.25. The van der Waals surface area contributed by atoms with Gasteiger partial charge in [0, 0.05) is 12.1 Å². The Morgan fingerprint density at radius 2 is 2.28 bits per heavy atom. The van der Waals surface area contributed by atoms with E-state index in [1.807, 2.05) is 16.7 Å². The monoisotopic (exact) mass is 284 g/mol. The number of imidazole rings is 1. The summed E-state index contributed by atoms with van der Waals surface area (Å²) in [6.45, 7) is 0. The smallest absolute Gasteiger partial charge is 0.151 e. The fourth-order valence-corrected chi connectivity index (χ4v) is 4.45. The van der Waals surface area contributed by atoms with Gasteiger partial charge in [-0.2, -0.15) is 0 Å². The molecule has 1 saturated heterocycles. The van der Waals surface area contributed by atoms with Crippen LogP contribution in [-0.2, 0) is 9.84 Å². The molecule has 4 nitrogen and oxygen atoms in total. The first-order valence-corrected chi connectivity index (χ1v) is 8.09. The second-order valence-corrected chi connectivity index (χ2v) is 7.32. The molecular formula is C12H13ClN2O2S. The van der Waals surface area contributed by atoms with Gasteiger partial charge in [-0.1, -0.05) is 11.6 Å². The first kappa shape index (κ1) is 12.0. The number of aromatic nitrogens is 2. The van der Waals surface area contributed by atoms with Crippen LogP contribution >= 0.6 is 11.6 Å². The Labute approximate surface area is 111 Å². The number of halogens is 1. The van der Waals surface area contributed by atoms with Crippen molar-refractivity contribution >= 4 is 27.0 Å². The molecule has 2 aromatic rings. The third kappa shape index (κ3) is 2.01. The first-order chi connectivity index (χ1) is 8.57. The summed E-state index contributed by atoms with van der Waals surface area (Å²) in [6.07, 6.45) is 5.16. The predicted octanol–water partition coefficient (Wildman–Crippen LogP) is 2.28. The van der Waals surface area contributed by atoms with Gasteiger partial charge in [0.25, 0.3) is 0 Å². The van der Waals surface area contributed by atoms with Gasteiger partial charge in [0.05, 0.1) is 28.2 Å². The molecular weight excluding hydrogens is 272 g/mol. The lowest BCUT2D eigenvalue weighted by atomic mass is 10.1. The quantitative estimate of drug-likeness (QED) is 0.807. The SMILES string of the molecule is O=S1(=O)CCCC(c2ncc3c(Cl)cccn23)C1. The van der Waals surface area contributed by atoms with Gasteiger partial charge in [-0.15, -0.1) is 0 Å². The Balaban J connectivity index is 2.07. The van der Waals surface area contributed by atoms with Gasteiger partial charge in [0.2, 0.25) is 0 Å². The second kappa shape index (κ2) is 4.24. The van der Waals surface area contributed by atoms with Crippen LogP contribution in [0.3, 0.4) is 0 Å². The van der Waals surface area contributed by atoms with Crippen molar-refractivity contribution in [1.82, 2.24) is 9.38 Å². The highest BCUT2D eigenvalue weighted by atomic mass is 35.5. The highest BCUT2D eigenvalue weighted by Crippen LogP contribution is 2.29. The van der Waals surface area contributed by atoms with Gasteiger partial charge < -0.3 is 4.40 Å². The van der Waals surface area contributed by atoms with Gasteiger partial charge in [0.1, 0.15) is 5.82 Å². The van der Waals surface area contributed by atoms with Gasteiger partial charge >= 0.3 is 0 Å². The molecule has 0 saturated carbocycles. The molecule has 96 valence electrons. The van der Waals surface area contributed by atoms with Crippen molar-refractivity contribution in [2.24, 2.45) is 0 Å². The average Bonchev–Trinajstić information content (AvgIpc) is 2.73. The average molecular weight is 285 g/mol. The number of hydrogen-bond donors (Lipinski definition) is 0. The molecule has 0 spiro atoms. The molecule has 1 unspecified atom stereocenters. The molecule has 0 bridgehead atoms. The van der Waals surface area contributed by atoms with E-state index in [9.17, 15) is 8.42 Å². The summed E-state index contributed by atoms with van der Waals surface area (Å²) in [5, 5.41) is 0.634. The zero-order chi connectivity index (χ0) is 12.8. The Morgan fingerprint density at radius 1 is 1.44 bits per heavy atom. The van der Waals surface area contributed by atoms with Crippen molar-refractivity contribution in [1.29, 1.82) is 0 Å². The van der Waals surface area contributed by atoms with Gasteiger partial charge in [-0.3, -0.25) is 0 Å². The minimum Gasteiger partial charge on any atom is -0.302 e. The van der Waals surface area contributed by atoms with E-state index in [2.05, 4.69) is 4.98 Å². The van der Waals surface area contributed by atoms with Crippen LogP contribution in [0.15, 0.2) is 24.5 Å². The minimum atomic E-state index is -2.92. The third-order valence-electron chi connectivity index (χ3n) is 3.38. The number of hydrogen-bond acceptors (Lipinski definition) is 3. The predicted molar refractivity (Wildman–Crippen MR) is 70.8 cm³/mol. The van der Waals surface area contributed by atoms with Crippen LogP contribution in [0.2, 0.25) is 5.02 Å². The summed E-state index contributed by atoms with van der Waals surface area (Å²) >= 11 is 6.09. The Hall–Kier alpha value is -1.07. The largest absolute Gasteiger partial charge is 0.302 e. The lowest BCUT2D eigenvalue weighted by molar-refractivity contribution is 0.543. The molecule has 0 amide bonds. The summed E-state index contributed by atoms with van der Waals surface area (Å²) in [4.78, 5) is 4.36. The summed E-state index contributed by atoms with van der Waals surface area (Å²) in [5.41, 5.74) is 0.831. The van der Waals surface area contributed by atoms with Crippen LogP contribution in [-0.4, -0.2) is 29.3 Å². The van der Waals surface area contributed by atoms with Gasteiger partial charge in [-0.25, -0.2) is 13.4 Å². The van der Waals surface area contributed by atoms with Crippen molar-refractivity contribution < 1.29 is 8.42 Å². The summed E-state index contributed by atoms with van der Waals surface area (Å²) < 4.78 is 25.3. The van der Waals surface area contributed by atoms with Crippen LogP contribution in [0.4, 0.5) is 0 Å². The molecule has 1 atom stereocenters. The number of nitrogens with zero attached hydrogens (tertiary/aromatic N) is 2. The maximum absolute atomic E-state index is 11.7. The van der Waals surface area contributed by atoms with Gasteiger partial charge in [0.15, 0.2) is 9.84 Å². The molecule has 0 aromatic carbocycles. The minimum absolute atomic E-state index is 0.0234. The number of pyridine rings is 1. The van der Waals surface area contributed by atoms with E-state index in [0.29, 0.717) is 17.2 Å². The van der Waals surface area contributed by atoms with Crippen LogP contribution in [0.1, 0.15) is 24.6 Å². The number of sulfone groups is 1. The Morgan fingerprint density at radius 3 is 3.06 bits per heavy atom. The number of rotatable bonds is 1. The molecule has 1 aliphatic rings. The van der Waals surface area contributed by atoms with Crippen molar-refractivity contribution in [3.05, 3.63) is 35.4 Å². The van der Waals surface area contributed by atoms with Crippen LogP contribution < -0.4 is 0 Å². The highest BCUT2D eigenvalue weighted by molar-refractivity contribution is 7.91. The normalized spacial score (nSPS) is 23.3. The molecule has 0 radical (unpaired) electrons. The molecule has 1 fully saturated rings. The molecule has 18 heavy (non-hydrogen) atoms. The number of fused-ring (bicyclic) bond motifs is 1. The summed E-state index contributed by atoms with van der Waals surface area (Å²) in [6, 6.07) is 3.65. The van der Waals surface area contributed by atoms with E-state index < -0.39 is 9.84 Å². The summed E-state index contributed by atoms with van der Waals surface area (Å²) in [5.74, 6) is 1.27. The zero-order valence-electron chi connectivity index (χ0n) is 9.71. The Kier molecular flexibility index (Phi) is 2.83. The first-order valence-electron chi connectivity index (χ1n) is 5.89. The molecule has 3 heterocycles. The lowest BCUT2D eigenvalue weighted by Gasteiger charge is -2.20.